The Bertz CT molecular complexity index is 323. The van der Waals surface area contributed by atoms with E-state index in [0.29, 0.717) is 0 Å². The number of hydrogen-bond acceptors (Lipinski definition) is 2. The number of aromatic nitrogens is 1. The summed E-state index contributed by atoms with van der Waals surface area (Å²) in [5.41, 5.74) is 1.19. The molecule has 0 atom stereocenters. The van der Waals surface area contributed by atoms with Crippen molar-refractivity contribution in [3.05, 3.63) is 30.6 Å². The molecule has 14 heavy (non-hydrogen) atoms. The van der Waals surface area contributed by atoms with Gasteiger partial charge in [-0.2, -0.15) is 0 Å². The van der Waals surface area contributed by atoms with E-state index in [1.54, 1.807) is 11.8 Å². The highest BCUT2D eigenvalue weighted by Crippen LogP contribution is 2.08. The fourth-order valence-corrected chi connectivity index (χ4v) is 1.69. The van der Waals surface area contributed by atoms with Gasteiger partial charge in [-0.25, -0.2) is 0 Å². The van der Waals surface area contributed by atoms with Gasteiger partial charge >= 0.3 is 0 Å². The molecule has 0 saturated heterocycles. The van der Waals surface area contributed by atoms with Crippen molar-refractivity contribution in [2.24, 2.45) is 4.99 Å². The Balaban J connectivity index is 2.82. The van der Waals surface area contributed by atoms with E-state index in [1.165, 1.54) is 5.70 Å². The van der Waals surface area contributed by atoms with E-state index in [9.17, 15) is 0 Å². The highest BCUT2D eigenvalue weighted by Gasteiger charge is 1.95. The minimum absolute atomic E-state index is 0.839. The number of nitrogens with zero attached hydrogens (tertiary/aromatic N) is 2. The summed E-state index contributed by atoms with van der Waals surface area (Å²) in [7, 11) is 0. The average Bonchev–Trinajstić information content (AvgIpc) is 2.69. The van der Waals surface area contributed by atoms with Gasteiger partial charge in [-0.3, -0.25) is 4.99 Å². The van der Waals surface area contributed by atoms with Gasteiger partial charge in [-0.15, -0.1) is 11.8 Å². The van der Waals surface area contributed by atoms with E-state index >= 15 is 0 Å². The van der Waals surface area contributed by atoms with Gasteiger partial charge in [0.1, 0.15) is 0 Å². The van der Waals surface area contributed by atoms with Gasteiger partial charge in [0.15, 0.2) is 0 Å². The number of aliphatic imine (C=N–C) groups is 1. The first-order valence-corrected chi connectivity index (χ1v) is 5.90. The first-order chi connectivity index (χ1) is 6.77. The van der Waals surface area contributed by atoms with E-state index in [2.05, 4.69) is 29.5 Å². The Morgan fingerprint density at radius 3 is 2.57 bits per heavy atom. The second-order valence-corrected chi connectivity index (χ2v) is 3.72. The van der Waals surface area contributed by atoms with E-state index in [4.69, 9.17) is 0 Å². The maximum atomic E-state index is 4.38. The molecule has 0 bridgehead atoms. The molecule has 0 radical (unpaired) electrons. The quantitative estimate of drug-likeness (QED) is 0.551. The van der Waals surface area contributed by atoms with Gasteiger partial charge in [-0.05, 0) is 38.3 Å². The molecule has 0 N–H and O–H groups in total. The fourth-order valence-electron chi connectivity index (χ4n) is 1.15. The molecule has 1 aromatic rings. The van der Waals surface area contributed by atoms with Crippen molar-refractivity contribution in [3.63, 3.8) is 0 Å². The fraction of sp³-hybridized carbons (Fsp3) is 0.364. The molecule has 0 aliphatic heterocycles. The molecule has 1 aromatic heterocycles. The normalized spacial score (nSPS) is 13.4. The predicted octanol–water partition coefficient (Wildman–Crippen LogP) is 3.13. The van der Waals surface area contributed by atoms with Crippen molar-refractivity contribution in [1.82, 2.24) is 4.57 Å². The number of rotatable bonds is 3. The Hall–Kier alpha value is -0.960. The standard InChI is InChI=1S/C11H16N2S/c1-4-12-11(14-3)9-10(2)13-7-5-6-8-13/h5-9H,4H2,1-3H3/b10-9+,12-11?. The van der Waals surface area contributed by atoms with Gasteiger partial charge < -0.3 is 4.57 Å². The topological polar surface area (TPSA) is 17.3 Å². The second-order valence-electron chi connectivity index (χ2n) is 2.89. The molecule has 1 heterocycles. The molecule has 76 valence electrons. The average molecular weight is 208 g/mol. The van der Waals surface area contributed by atoms with E-state index in [1.807, 2.05) is 30.8 Å². The van der Waals surface area contributed by atoms with E-state index in [-0.39, 0.29) is 0 Å². The number of thioether (sulfide) groups is 1. The van der Waals surface area contributed by atoms with Crippen LogP contribution in [0.5, 0.6) is 0 Å². The summed E-state index contributed by atoms with van der Waals surface area (Å²) in [6.45, 7) is 4.97. The molecular weight excluding hydrogens is 192 g/mol. The summed E-state index contributed by atoms with van der Waals surface area (Å²) < 4.78 is 2.08. The maximum absolute atomic E-state index is 4.38. The van der Waals surface area contributed by atoms with Gasteiger partial charge in [-0.1, -0.05) is 0 Å². The molecule has 0 aromatic carbocycles. The third kappa shape index (κ3) is 3.07. The number of hydrogen-bond donors (Lipinski definition) is 0. The molecule has 1 rings (SSSR count). The van der Waals surface area contributed by atoms with Crippen LogP contribution in [0.2, 0.25) is 0 Å². The molecule has 0 spiro atoms. The lowest BCUT2D eigenvalue weighted by atomic mass is 10.4. The lowest BCUT2D eigenvalue weighted by Crippen LogP contribution is -1.94. The minimum atomic E-state index is 0.839. The van der Waals surface area contributed by atoms with Crippen LogP contribution in [0.3, 0.4) is 0 Å². The van der Waals surface area contributed by atoms with Crippen LogP contribution in [0.4, 0.5) is 0 Å². The molecule has 0 aliphatic rings. The Kier molecular flexibility index (Phi) is 4.53. The first kappa shape index (κ1) is 11.1. The third-order valence-corrected chi connectivity index (χ3v) is 2.53. The summed E-state index contributed by atoms with van der Waals surface area (Å²) in [4.78, 5) is 4.38. The molecule has 0 amide bonds. The Morgan fingerprint density at radius 1 is 1.43 bits per heavy atom. The SMILES string of the molecule is CCN=C(/C=C(\C)n1cccc1)SC. The summed E-state index contributed by atoms with van der Waals surface area (Å²) in [6.07, 6.45) is 8.23. The zero-order valence-corrected chi connectivity index (χ0v) is 9.71. The van der Waals surface area contributed by atoms with Crippen molar-refractivity contribution in [2.45, 2.75) is 13.8 Å². The van der Waals surface area contributed by atoms with Crippen LogP contribution in [0.15, 0.2) is 35.6 Å². The van der Waals surface area contributed by atoms with Crippen LogP contribution in [0.1, 0.15) is 13.8 Å². The predicted molar refractivity (Wildman–Crippen MR) is 65.9 cm³/mol. The summed E-state index contributed by atoms with van der Waals surface area (Å²) >= 11 is 1.68. The van der Waals surface area contributed by atoms with Crippen LogP contribution >= 0.6 is 11.8 Å². The molecule has 0 unspecified atom stereocenters. The first-order valence-electron chi connectivity index (χ1n) is 4.68. The molecule has 0 saturated carbocycles. The van der Waals surface area contributed by atoms with Gasteiger partial charge in [0, 0.05) is 24.6 Å². The van der Waals surface area contributed by atoms with Crippen molar-refractivity contribution in [3.8, 4) is 0 Å². The van der Waals surface area contributed by atoms with Crippen LogP contribution in [-0.4, -0.2) is 22.4 Å². The van der Waals surface area contributed by atoms with Crippen LogP contribution in [-0.2, 0) is 0 Å². The molecule has 3 heteroatoms. The minimum Gasteiger partial charge on any atom is -0.328 e. The second kappa shape index (κ2) is 5.70. The Labute approximate surface area is 89.7 Å². The molecular formula is C11H16N2S. The zero-order chi connectivity index (χ0) is 10.4. The van der Waals surface area contributed by atoms with Gasteiger partial charge in [0.25, 0.3) is 0 Å². The molecule has 0 fully saturated rings. The van der Waals surface area contributed by atoms with Crippen molar-refractivity contribution in [1.29, 1.82) is 0 Å². The molecule has 2 nitrogen and oxygen atoms in total. The van der Waals surface area contributed by atoms with Crippen molar-refractivity contribution >= 4 is 22.5 Å². The van der Waals surface area contributed by atoms with E-state index in [0.717, 1.165) is 11.6 Å². The third-order valence-electron chi connectivity index (χ3n) is 1.87. The summed E-state index contributed by atoms with van der Waals surface area (Å²) in [5, 5.41) is 1.08. The van der Waals surface area contributed by atoms with Crippen molar-refractivity contribution < 1.29 is 0 Å². The van der Waals surface area contributed by atoms with E-state index < -0.39 is 0 Å². The zero-order valence-electron chi connectivity index (χ0n) is 8.90. The van der Waals surface area contributed by atoms with Gasteiger partial charge in [0.05, 0.1) is 5.04 Å². The largest absolute Gasteiger partial charge is 0.328 e. The summed E-state index contributed by atoms with van der Waals surface area (Å²) in [6, 6.07) is 4.04. The van der Waals surface area contributed by atoms with Crippen molar-refractivity contribution in [2.75, 3.05) is 12.8 Å². The smallest absolute Gasteiger partial charge is 0.0918 e. The highest BCUT2D eigenvalue weighted by molar-refractivity contribution is 8.13. The molecule has 0 aliphatic carbocycles. The monoisotopic (exact) mass is 208 g/mol. The number of allylic oxidation sites excluding steroid dienone is 1. The lowest BCUT2D eigenvalue weighted by Gasteiger charge is -2.03. The van der Waals surface area contributed by atoms with Gasteiger partial charge in [0.2, 0.25) is 0 Å². The Morgan fingerprint density at radius 2 is 2.07 bits per heavy atom. The highest BCUT2D eigenvalue weighted by atomic mass is 32.2. The van der Waals surface area contributed by atoms with Crippen LogP contribution in [0, 0.1) is 0 Å². The lowest BCUT2D eigenvalue weighted by molar-refractivity contribution is 1.10. The van der Waals surface area contributed by atoms with Crippen LogP contribution in [0.25, 0.3) is 5.70 Å². The summed E-state index contributed by atoms with van der Waals surface area (Å²) in [5.74, 6) is 0. The maximum Gasteiger partial charge on any atom is 0.0918 e. The van der Waals surface area contributed by atoms with Crippen LogP contribution < -0.4 is 0 Å².